The SMILES string of the molecule is CCCCCCCCCCCCCCCCCCc1ccc(C(O)(c2ccc(CCCCCCCCCCCCCCCCCC)cc2)c2ccsc2-c2cc3cc4sc(-c5sccc5C(O)(c5ccc(CCCCCCCCCCCCCCCCCC)cc5)c5ccc(CCCCCCCCCCCCCCCCCC)cc5)cc4cc3s2)cc1. The van der Waals surface area contributed by atoms with E-state index in [1.807, 2.05) is 22.7 Å². The van der Waals surface area contributed by atoms with Crippen molar-refractivity contribution in [1.82, 2.24) is 0 Å². The Balaban J connectivity index is 0.849. The lowest BCUT2D eigenvalue weighted by molar-refractivity contribution is 0.126. The minimum atomic E-state index is -1.35. The summed E-state index contributed by atoms with van der Waals surface area (Å²) in [6, 6.07) is 50.4. The van der Waals surface area contributed by atoms with Gasteiger partial charge in [-0.2, -0.15) is 0 Å². The third-order valence-corrected chi connectivity index (χ3v) is 31.9. The molecule has 0 amide bonds. The molecule has 4 heterocycles. The second-order valence-electron chi connectivity index (χ2n) is 37.9. The second-order valence-corrected chi connectivity index (χ2v) is 41.9. The average molecular weight is 1730 g/mol. The maximum absolute atomic E-state index is 13.9. The van der Waals surface area contributed by atoms with Crippen LogP contribution in [0.5, 0.6) is 0 Å². The van der Waals surface area contributed by atoms with Crippen molar-refractivity contribution in [3.05, 3.63) is 200 Å². The predicted octanol–water partition coefficient (Wildman–Crippen LogP) is 39.4. The van der Waals surface area contributed by atoms with Gasteiger partial charge >= 0.3 is 0 Å². The highest BCUT2D eigenvalue weighted by Crippen LogP contribution is 2.51. The summed E-state index contributed by atoms with van der Waals surface area (Å²) in [5, 5.41) is 34.6. The molecule has 0 saturated heterocycles. The molecule has 0 aliphatic heterocycles. The van der Waals surface area contributed by atoms with Crippen LogP contribution in [0.3, 0.4) is 0 Å². The molecule has 4 aromatic heterocycles. The summed E-state index contributed by atoms with van der Waals surface area (Å²) < 4.78 is 2.50. The number of hydrogen-bond acceptors (Lipinski definition) is 6. The molecule has 674 valence electrons. The molecule has 122 heavy (non-hydrogen) atoms. The van der Waals surface area contributed by atoms with Crippen LogP contribution in [-0.4, -0.2) is 10.2 Å². The summed E-state index contributed by atoms with van der Waals surface area (Å²) in [5.74, 6) is 0. The number of unbranched alkanes of at least 4 members (excludes halogenated alkanes) is 60. The molecule has 0 unspecified atom stereocenters. The Labute approximate surface area is 764 Å². The summed E-state index contributed by atoms with van der Waals surface area (Å²) in [6.45, 7) is 9.24. The van der Waals surface area contributed by atoms with Crippen molar-refractivity contribution in [1.29, 1.82) is 0 Å². The van der Waals surface area contributed by atoms with Gasteiger partial charge in [0, 0.05) is 30.3 Å². The average Bonchev–Trinajstić information content (AvgIpc) is 1.58. The molecule has 2 N–H and O–H groups in total. The van der Waals surface area contributed by atoms with E-state index in [-0.39, 0.29) is 0 Å². The van der Waals surface area contributed by atoms with E-state index in [1.165, 1.54) is 463 Å². The number of fused-ring (bicyclic) bond motifs is 2. The maximum atomic E-state index is 13.9. The van der Waals surface area contributed by atoms with Gasteiger partial charge in [-0.15, -0.1) is 45.3 Å². The second kappa shape index (κ2) is 62.5. The van der Waals surface area contributed by atoms with Crippen LogP contribution < -0.4 is 0 Å². The van der Waals surface area contributed by atoms with E-state index in [0.717, 1.165) is 68.8 Å². The first-order valence-corrected chi connectivity index (χ1v) is 55.6. The van der Waals surface area contributed by atoms with Gasteiger partial charge in [-0.05, 0) is 154 Å². The monoisotopic (exact) mass is 1730 g/mol. The highest BCUT2D eigenvalue weighted by molar-refractivity contribution is 7.27. The lowest BCUT2D eigenvalue weighted by Gasteiger charge is -2.30. The van der Waals surface area contributed by atoms with Crippen molar-refractivity contribution in [2.45, 2.75) is 476 Å². The third kappa shape index (κ3) is 36.5. The molecule has 5 aromatic carbocycles. The van der Waals surface area contributed by atoms with Crippen LogP contribution in [0.25, 0.3) is 39.7 Å². The molecule has 0 saturated carbocycles. The van der Waals surface area contributed by atoms with Gasteiger partial charge in [0.15, 0.2) is 0 Å². The van der Waals surface area contributed by atoms with Crippen LogP contribution in [0, 0.1) is 0 Å². The quantitative estimate of drug-likeness (QED) is 0.0373. The number of aryl methyl sites for hydroxylation is 4. The van der Waals surface area contributed by atoms with Gasteiger partial charge in [-0.25, -0.2) is 0 Å². The first kappa shape index (κ1) is 101. The van der Waals surface area contributed by atoms with Gasteiger partial charge in [-0.1, -0.05) is 510 Å². The number of hydrogen-bond donors (Lipinski definition) is 2. The van der Waals surface area contributed by atoms with Crippen LogP contribution in [0.2, 0.25) is 0 Å². The molecular weight excluding hydrogens is 1550 g/mol. The van der Waals surface area contributed by atoms with E-state index in [4.69, 9.17) is 0 Å². The largest absolute Gasteiger partial charge is 0.376 e. The predicted molar refractivity (Wildman–Crippen MR) is 547 cm³/mol. The fraction of sp³-hybridized carbons (Fsp3) is 0.638. The van der Waals surface area contributed by atoms with Crippen LogP contribution in [0.1, 0.15) is 494 Å². The third-order valence-electron chi connectivity index (χ3n) is 27.5. The number of rotatable bonds is 76. The van der Waals surface area contributed by atoms with Gasteiger partial charge in [0.25, 0.3) is 0 Å². The molecule has 0 atom stereocenters. The molecule has 0 bridgehead atoms. The molecule has 0 aliphatic carbocycles. The minimum absolute atomic E-state index is 0.933. The summed E-state index contributed by atoms with van der Waals surface area (Å²) in [4.78, 5) is 4.66. The normalized spacial score (nSPS) is 12.1. The van der Waals surface area contributed by atoms with Gasteiger partial charge in [-0.3, -0.25) is 0 Å². The Kier molecular flexibility index (Phi) is 51.8. The fourth-order valence-electron chi connectivity index (χ4n) is 19.5. The Morgan fingerprint density at radius 2 is 0.377 bits per heavy atom. The van der Waals surface area contributed by atoms with E-state index in [0.29, 0.717) is 0 Å². The van der Waals surface area contributed by atoms with Crippen molar-refractivity contribution in [2.24, 2.45) is 0 Å². The Morgan fingerprint density at radius 1 is 0.205 bits per heavy atom. The van der Waals surface area contributed by atoms with Crippen molar-refractivity contribution < 1.29 is 10.2 Å². The van der Waals surface area contributed by atoms with Crippen LogP contribution >= 0.6 is 45.3 Å². The fourth-order valence-corrected chi connectivity index (χ4v) is 23.8. The summed E-state index contributed by atoms with van der Waals surface area (Å²) in [7, 11) is 0. The van der Waals surface area contributed by atoms with Crippen molar-refractivity contribution in [3.63, 3.8) is 0 Å². The number of thiophene rings is 4. The minimum Gasteiger partial charge on any atom is -0.376 e. The molecule has 0 aliphatic rings. The molecule has 6 heteroatoms. The number of aliphatic hydroxyl groups is 2. The van der Waals surface area contributed by atoms with Crippen molar-refractivity contribution >= 4 is 65.5 Å². The zero-order valence-corrected chi connectivity index (χ0v) is 81.7. The van der Waals surface area contributed by atoms with Gasteiger partial charge < -0.3 is 10.2 Å². The van der Waals surface area contributed by atoms with Gasteiger partial charge in [0.05, 0.1) is 9.75 Å². The van der Waals surface area contributed by atoms with Crippen molar-refractivity contribution in [3.8, 4) is 19.5 Å². The molecular formula is C116H174O2S4. The van der Waals surface area contributed by atoms with Gasteiger partial charge in [0.2, 0.25) is 0 Å². The first-order chi connectivity index (χ1) is 60.3. The standard InChI is InChI=1S/C116H174O2S4/c1-5-9-13-17-21-25-29-33-37-41-45-49-53-57-61-65-69-97-73-81-103(82-74-97)115(117,104-83-75-98(76-84-104)70-66-62-58-54-50-46-42-38-34-30-26-22-18-14-10-6-2)107-89-91-119-113(107)111-95-101-93-110-102(94-109(101)121-111)96-112(122-110)114-108(90-92-120-114)116(118,105-85-77-99(78-86-105)71-67-63-59-55-51-47-43-39-35-31-27-23-19-15-11-7-3)106-87-79-100(80-88-106)72-68-64-60-56-52-48-44-40-36-32-28-24-20-16-12-8-4/h73-96,117-118H,5-72H2,1-4H3. The molecule has 2 nitrogen and oxygen atoms in total. The molecule has 0 spiro atoms. The van der Waals surface area contributed by atoms with Crippen LogP contribution in [0.15, 0.2) is 144 Å². The summed E-state index contributed by atoms with van der Waals surface area (Å²) >= 11 is 7.21. The van der Waals surface area contributed by atoms with E-state index < -0.39 is 11.2 Å². The highest BCUT2D eigenvalue weighted by atomic mass is 32.1. The lowest BCUT2D eigenvalue weighted by Crippen LogP contribution is -2.29. The Morgan fingerprint density at radius 3 is 0.557 bits per heavy atom. The topological polar surface area (TPSA) is 40.5 Å². The Hall–Kier alpha value is -4.66. The molecule has 0 fully saturated rings. The van der Waals surface area contributed by atoms with E-state index in [2.05, 4.69) is 172 Å². The zero-order valence-electron chi connectivity index (χ0n) is 78.5. The summed E-state index contributed by atoms with van der Waals surface area (Å²) in [5.41, 5.74) is 8.41. The zero-order chi connectivity index (χ0) is 85.3. The summed E-state index contributed by atoms with van der Waals surface area (Å²) in [6.07, 6.45) is 92.8. The lowest BCUT2D eigenvalue weighted by atomic mass is 9.79. The number of benzene rings is 5. The molecule has 9 rings (SSSR count). The van der Waals surface area contributed by atoms with E-state index in [9.17, 15) is 10.2 Å². The van der Waals surface area contributed by atoms with Crippen molar-refractivity contribution in [2.75, 3.05) is 0 Å². The first-order valence-electron chi connectivity index (χ1n) is 52.2. The highest BCUT2D eigenvalue weighted by Gasteiger charge is 2.39. The smallest absolute Gasteiger partial charge is 0.142 e. The molecule has 9 aromatic rings. The van der Waals surface area contributed by atoms with E-state index >= 15 is 0 Å². The van der Waals surface area contributed by atoms with E-state index in [1.54, 1.807) is 22.7 Å². The molecule has 0 radical (unpaired) electrons. The van der Waals surface area contributed by atoms with Crippen LogP contribution in [-0.2, 0) is 36.9 Å². The van der Waals surface area contributed by atoms with Crippen LogP contribution in [0.4, 0.5) is 0 Å². The Bertz CT molecular complexity index is 3560. The maximum Gasteiger partial charge on any atom is 0.142 e. The van der Waals surface area contributed by atoms with Gasteiger partial charge in [0.1, 0.15) is 11.2 Å².